The summed E-state index contributed by atoms with van der Waals surface area (Å²) in [5.41, 5.74) is 3.84. The minimum Gasteiger partial charge on any atom is -0.354 e. The predicted molar refractivity (Wildman–Crippen MR) is 138 cm³/mol. The molecule has 1 atom stereocenters. The van der Waals surface area contributed by atoms with Crippen molar-refractivity contribution in [1.82, 2.24) is 19.9 Å². The molecule has 5 rings (SSSR count). The van der Waals surface area contributed by atoms with E-state index in [1.165, 1.54) is 4.90 Å². The molecule has 0 unspecified atom stereocenters. The van der Waals surface area contributed by atoms with Crippen molar-refractivity contribution in [1.29, 1.82) is 0 Å². The standard InChI is InChI=1S/C26H26ClN5OS/c1-34-22-9-7-18(8-10-22)16-29-26(33)20-5-3-12-31(17-20)25-24-15-23(30-32(24)13-11-28-25)19-4-2-6-21(27)14-19/h2,4,6-11,13-15,20H,3,5,12,16-17H2,1H3,(H,29,33)/t20-/m0/s1. The van der Waals surface area contributed by atoms with Gasteiger partial charge in [0.25, 0.3) is 0 Å². The maximum Gasteiger partial charge on any atom is 0.225 e. The third-order valence-corrected chi connectivity index (χ3v) is 7.19. The number of nitrogens with zero attached hydrogens (tertiary/aromatic N) is 4. The Morgan fingerprint density at radius 3 is 2.85 bits per heavy atom. The molecule has 0 radical (unpaired) electrons. The Morgan fingerprint density at radius 2 is 2.06 bits per heavy atom. The van der Waals surface area contributed by atoms with Crippen LogP contribution >= 0.6 is 23.4 Å². The molecule has 0 aliphatic carbocycles. The van der Waals surface area contributed by atoms with Crippen LogP contribution in [0.4, 0.5) is 5.82 Å². The van der Waals surface area contributed by atoms with E-state index in [9.17, 15) is 4.79 Å². The molecule has 4 aromatic rings. The third-order valence-electron chi connectivity index (χ3n) is 6.21. The maximum absolute atomic E-state index is 13.0. The number of amides is 1. The van der Waals surface area contributed by atoms with Gasteiger partial charge in [-0.2, -0.15) is 5.10 Å². The van der Waals surface area contributed by atoms with Gasteiger partial charge in [0.2, 0.25) is 5.91 Å². The Labute approximate surface area is 208 Å². The lowest BCUT2D eigenvalue weighted by Gasteiger charge is -2.33. The fourth-order valence-corrected chi connectivity index (χ4v) is 5.00. The van der Waals surface area contributed by atoms with E-state index in [-0.39, 0.29) is 11.8 Å². The molecule has 0 spiro atoms. The molecule has 34 heavy (non-hydrogen) atoms. The number of anilines is 1. The molecular weight excluding hydrogens is 466 g/mol. The maximum atomic E-state index is 13.0. The average molecular weight is 492 g/mol. The Hall–Kier alpha value is -3.03. The fraction of sp³-hybridized carbons (Fsp3) is 0.269. The number of nitrogens with one attached hydrogen (secondary N) is 1. The van der Waals surface area contributed by atoms with Crippen molar-refractivity contribution in [2.45, 2.75) is 24.3 Å². The number of thioether (sulfide) groups is 1. The summed E-state index contributed by atoms with van der Waals surface area (Å²) in [5.74, 6) is 0.878. The summed E-state index contributed by atoms with van der Waals surface area (Å²) in [6, 6.07) is 18.0. The molecule has 1 amide bonds. The van der Waals surface area contributed by atoms with Crippen LogP contribution in [0.5, 0.6) is 0 Å². The third kappa shape index (κ3) is 4.91. The van der Waals surface area contributed by atoms with Crippen molar-refractivity contribution in [2.75, 3.05) is 24.2 Å². The SMILES string of the molecule is CSc1ccc(CNC(=O)[C@H]2CCCN(c3nccn4nc(-c5cccc(Cl)c5)cc34)C2)cc1. The number of hydrogen-bond acceptors (Lipinski definition) is 5. The molecule has 1 fully saturated rings. The second kappa shape index (κ2) is 10.1. The minimum absolute atomic E-state index is 0.0726. The first-order valence-corrected chi connectivity index (χ1v) is 13.0. The summed E-state index contributed by atoms with van der Waals surface area (Å²) in [6.45, 7) is 2.05. The summed E-state index contributed by atoms with van der Waals surface area (Å²) in [7, 11) is 0. The number of fused-ring (bicyclic) bond motifs is 1. The number of benzene rings is 2. The summed E-state index contributed by atoms with van der Waals surface area (Å²) >= 11 is 7.89. The highest BCUT2D eigenvalue weighted by molar-refractivity contribution is 7.98. The first-order valence-electron chi connectivity index (χ1n) is 11.4. The lowest BCUT2D eigenvalue weighted by Crippen LogP contribution is -2.43. The van der Waals surface area contributed by atoms with Gasteiger partial charge >= 0.3 is 0 Å². The van der Waals surface area contributed by atoms with Crippen molar-refractivity contribution >= 4 is 40.6 Å². The van der Waals surface area contributed by atoms with Crippen LogP contribution in [-0.4, -0.2) is 39.9 Å². The molecule has 1 aliphatic rings. The van der Waals surface area contributed by atoms with Crippen LogP contribution in [0.3, 0.4) is 0 Å². The van der Waals surface area contributed by atoms with Crippen LogP contribution in [0.15, 0.2) is 71.9 Å². The van der Waals surface area contributed by atoms with Gasteiger partial charge in [0.1, 0.15) is 5.52 Å². The topological polar surface area (TPSA) is 62.5 Å². The van der Waals surface area contributed by atoms with Crippen molar-refractivity contribution in [2.24, 2.45) is 5.92 Å². The van der Waals surface area contributed by atoms with Crippen molar-refractivity contribution in [3.63, 3.8) is 0 Å². The Morgan fingerprint density at radius 1 is 1.21 bits per heavy atom. The molecule has 1 aliphatic heterocycles. The molecule has 2 aromatic heterocycles. The molecule has 2 aromatic carbocycles. The molecule has 174 valence electrons. The average Bonchev–Trinajstić information content (AvgIpc) is 3.32. The van der Waals surface area contributed by atoms with Crippen LogP contribution < -0.4 is 10.2 Å². The van der Waals surface area contributed by atoms with E-state index in [1.807, 2.05) is 41.0 Å². The van der Waals surface area contributed by atoms with E-state index in [1.54, 1.807) is 18.0 Å². The van der Waals surface area contributed by atoms with Gasteiger partial charge in [0, 0.05) is 47.5 Å². The predicted octanol–water partition coefficient (Wildman–Crippen LogP) is 5.30. The number of aromatic nitrogens is 3. The van der Waals surface area contributed by atoms with Crippen LogP contribution in [0.2, 0.25) is 5.02 Å². The smallest absolute Gasteiger partial charge is 0.225 e. The van der Waals surface area contributed by atoms with E-state index >= 15 is 0 Å². The fourth-order valence-electron chi connectivity index (χ4n) is 4.40. The zero-order valence-corrected chi connectivity index (χ0v) is 20.5. The van der Waals surface area contributed by atoms with E-state index in [0.29, 0.717) is 18.1 Å². The first kappa shape index (κ1) is 22.7. The van der Waals surface area contributed by atoms with Crippen molar-refractivity contribution < 1.29 is 4.79 Å². The highest BCUT2D eigenvalue weighted by Gasteiger charge is 2.27. The quantitative estimate of drug-likeness (QED) is 0.370. The van der Waals surface area contributed by atoms with Gasteiger partial charge in [-0.15, -0.1) is 11.8 Å². The Balaban J connectivity index is 1.31. The van der Waals surface area contributed by atoms with Crippen LogP contribution in [0.1, 0.15) is 18.4 Å². The lowest BCUT2D eigenvalue weighted by molar-refractivity contribution is -0.125. The highest BCUT2D eigenvalue weighted by atomic mass is 35.5. The Kier molecular flexibility index (Phi) is 6.74. The van der Waals surface area contributed by atoms with Crippen LogP contribution in [-0.2, 0) is 11.3 Å². The normalized spacial score (nSPS) is 16.1. The number of halogens is 1. The van der Waals surface area contributed by atoms with Crippen molar-refractivity contribution in [3.8, 4) is 11.3 Å². The molecule has 1 N–H and O–H groups in total. The van der Waals surface area contributed by atoms with Gasteiger partial charge in [0.15, 0.2) is 5.82 Å². The second-order valence-corrected chi connectivity index (χ2v) is 9.79. The Bertz CT molecular complexity index is 1310. The number of hydrogen-bond donors (Lipinski definition) is 1. The molecular formula is C26H26ClN5OS. The molecule has 3 heterocycles. The summed E-state index contributed by atoms with van der Waals surface area (Å²) in [6.07, 6.45) is 7.49. The molecule has 8 heteroatoms. The van der Waals surface area contributed by atoms with Crippen LogP contribution in [0, 0.1) is 5.92 Å². The van der Waals surface area contributed by atoms with Gasteiger partial charge in [-0.3, -0.25) is 4.79 Å². The first-order chi connectivity index (χ1) is 16.6. The zero-order valence-electron chi connectivity index (χ0n) is 18.9. The van der Waals surface area contributed by atoms with Gasteiger partial charge in [-0.05, 0) is 55.0 Å². The number of carbonyl (C=O) groups is 1. The van der Waals surface area contributed by atoms with E-state index in [0.717, 1.165) is 47.5 Å². The number of carbonyl (C=O) groups excluding carboxylic acids is 1. The summed E-state index contributed by atoms with van der Waals surface area (Å²) in [5, 5.41) is 8.52. The molecule has 6 nitrogen and oxygen atoms in total. The number of rotatable bonds is 6. The highest BCUT2D eigenvalue weighted by Crippen LogP contribution is 2.29. The summed E-state index contributed by atoms with van der Waals surface area (Å²) in [4.78, 5) is 21.1. The zero-order chi connectivity index (χ0) is 23.5. The van der Waals surface area contributed by atoms with E-state index in [4.69, 9.17) is 16.7 Å². The van der Waals surface area contributed by atoms with E-state index < -0.39 is 0 Å². The monoisotopic (exact) mass is 491 g/mol. The van der Waals surface area contributed by atoms with Crippen molar-refractivity contribution in [3.05, 3.63) is 77.6 Å². The van der Waals surface area contributed by atoms with Gasteiger partial charge in [0.05, 0.1) is 11.6 Å². The minimum atomic E-state index is -0.0726. The lowest BCUT2D eigenvalue weighted by atomic mass is 9.97. The van der Waals surface area contributed by atoms with Gasteiger partial charge < -0.3 is 10.2 Å². The van der Waals surface area contributed by atoms with E-state index in [2.05, 4.69) is 45.7 Å². The molecule has 0 bridgehead atoms. The number of piperidine rings is 1. The summed E-state index contributed by atoms with van der Waals surface area (Å²) < 4.78 is 1.85. The van der Waals surface area contributed by atoms with Gasteiger partial charge in [-0.25, -0.2) is 9.50 Å². The van der Waals surface area contributed by atoms with Crippen LogP contribution in [0.25, 0.3) is 16.8 Å². The largest absolute Gasteiger partial charge is 0.354 e. The van der Waals surface area contributed by atoms with Gasteiger partial charge in [-0.1, -0.05) is 35.9 Å². The molecule has 1 saturated heterocycles. The molecule has 0 saturated carbocycles. The second-order valence-electron chi connectivity index (χ2n) is 8.47.